The van der Waals surface area contributed by atoms with Crippen LogP contribution < -0.4 is 5.32 Å². The molecule has 1 heterocycles. The van der Waals surface area contributed by atoms with Crippen LogP contribution in [0.3, 0.4) is 0 Å². The number of tetrazole rings is 1. The lowest BCUT2D eigenvalue weighted by Gasteiger charge is -2.13. The maximum Gasteiger partial charge on any atom is 0.416 e. The molecule has 10 heteroatoms. The summed E-state index contributed by atoms with van der Waals surface area (Å²) in [5.41, 5.74) is 1.02. The molecule has 0 aliphatic rings. The van der Waals surface area contributed by atoms with Crippen LogP contribution >= 0.6 is 11.8 Å². The smallest absolute Gasteiger partial charge is 0.325 e. The molecule has 0 bridgehead atoms. The first-order valence-electron chi connectivity index (χ1n) is 8.24. The summed E-state index contributed by atoms with van der Waals surface area (Å²) in [5, 5.41) is 13.8. The second kappa shape index (κ2) is 8.01. The van der Waals surface area contributed by atoms with Gasteiger partial charge < -0.3 is 5.32 Å². The average Bonchev–Trinajstić information content (AvgIpc) is 3.09. The standard InChI is InChI=1S/C18H16F3N5OS/c1-11-5-3-8-15(9-11)26-17(23-24-25-26)28-12(2)16(27)22-14-7-4-6-13(10-14)18(19,20)21/h3-10,12H,1-2H3,(H,22,27). The van der Waals surface area contributed by atoms with Gasteiger partial charge in [0.2, 0.25) is 11.1 Å². The van der Waals surface area contributed by atoms with Crippen LogP contribution in [-0.2, 0) is 11.0 Å². The van der Waals surface area contributed by atoms with Crippen molar-refractivity contribution in [1.29, 1.82) is 0 Å². The fourth-order valence-corrected chi connectivity index (χ4v) is 3.21. The van der Waals surface area contributed by atoms with E-state index in [-0.39, 0.29) is 5.69 Å². The van der Waals surface area contributed by atoms with Gasteiger partial charge >= 0.3 is 6.18 Å². The zero-order valence-corrected chi connectivity index (χ0v) is 15.8. The maximum atomic E-state index is 12.8. The number of benzene rings is 2. The van der Waals surface area contributed by atoms with Gasteiger partial charge in [0, 0.05) is 5.69 Å². The summed E-state index contributed by atoms with van der Waals surface area (Å²) >= 11 is 1.11. The van der Waals surface area contributed by atoms with E-state index in [0.29, 0.717) is 5.16 Å². The van der Waals surface area contributed by atoms with Gasteiger partial charge in [-0.05, 0) is 60.2 Å². The fourth-order valence-electron chi connectivity index (χ4n) is 2.40. The number of carbonyl (C=O) groups excluding carboxylic acids is 1. The van der Waals surface area contributed by atoms with Gasteiger partial charge in [-0.25, -0.2) is 0 Å². The van der Waals surface area contributed by atoms with Crippen molar-refractivity contribution in [2.24, 2.45) is 0 Å². The molecular weight excluding hydrogens is 391 g/mol. The topological polar surface area (TPSA) is 72.7 Å². The van der Waals surface area contributed by atoms with E-state index in [1.54, 1.807) is 6.92 Å². The predicted octanol–water partition coefficient (Wildman–Crippen LogP) is 4.11. The van der Waals surface area contributed by atoms with E-state index in [4.69, 9.17) is 0 Å². The summed E-state index contributed by atoms with van der Waals surface area (Å²) in [5.74, 6) is -0.455. The molecule has 2 aromatic carbocycles. The highest BCUT2D eigenvalue weighted by Crippen LogP contribution is 2.31. The minimum Gasteiger partial charge on any atom is -0.325 e. The van der Waals surface area contributed by atoms with Crippen molar-refractivity contribution in [1.82, 2.24) is 20.2 Å². The molecule has 3 rings (SSSR count). The summed E-state index contributed by atoms with van der Waals surface area (Å²) in [6.45, 7) is 3.56. The molecule has 6 nitrogen and oxygen atoms in total. The Morgan fingerprint density at radius 2 is 1.93 bits per heavy atom. The first-order valence-corrected chi connectivity index (χ1v) is 9.12. The number of alkyl halides is 3. The Morgan fingerprint density at radius 1 is 1.18 bits per heavy atom. The number of anilines is 1. The molecule has 28 heavy (non-hydrogen) atoms. The third kappa shape index (κ3) is 4.69. The Morgan fingerprint density at radius 3 is 2.64 bits per heavy atom. The van der Waals surface area contributed by atoms with Crippen LogP contribution in [0.2, 0.25) is 0 Å². The Kier molecular flexibility index (Phi) is 5.68. The van der Waals surface area contributed by atoms with Gasteiger partial charge in [-0.3, -0.25) is 4.79 Å². The summed E-state index contributed by atoms with van der Waals surface area (Å²) in [4.78, 5) is 12.4. The second-order valence-corrected chi connectivity index (χ2v) is 7.35. The second-order valence-electron chi connectivity index (χ2n) is 6.04. The van der Waals surface area contributed by atoms with E-state index in [0.717, 1.165) is 35.1 Å². The van der Waals surface area contributed by atoms with Gasteiger partial charge in [0.1, 0.15) is 0 Å². The Balaban J connectivity index is 1.72. The zero-order chi connectivity index (χ0) is 20.3. The number of nitrogens with zero attached hydrogens (tertiary/aromatic N) is 4. The van der Waals surface area contributed by atoms with Crippen molar-refractivity contribution in [2.75, 3.05) is 5.32 Å². The van der Waals surface area contributed by atoms with Crippen LogP contribution in [0.25, 0.3) is 5.69 Å². The minimum absolute atomic E-state index is 0.0746. The van der Waals surface area contributed by atoms with Crippen LogP contribution in [0, 0.1) is 6.92 Å². The molecule has 0 saturated carbocycles. The molecule has 1 atom stereocenters. The molecule has 0 fully saturated rings. The van der Waals surface area contributed by atoms with Crippen LogP contribution in [0.15, 0.2) is 53.7 Å². The summed E-state index contributed by atoms with van der Waals surface area (Å²) < 4.78 is 39.9. The highest BCUT2D eigenvalue weighted by molar-refractivity contribution is 8.00. The van der Waals surface area contributed by atoms with Gasteiger partial charge in [0.15, 0.2) is 0 Å². The van der Waals surface area contributed by atoms with Gasteiger partial charge in [-0.1, -0.05) is 30.0 Å². The molecular formula is C18H16F3N5OS. The summed E-state index contributed by atoms with van der Waals surface area (Å²) in [7, 11) is 0. The molecule has 0 radical (unpaired) electrons. The predicted molar refractivity (Wildman–Crippen MR) is 99.3 cm³/mol. The normalized spacial score (nSPS) is 12.6. The molecule has 0 spiro atoms. The molecule has 1 aromatic heterocycles. The van der Waals surface area contributed by atoms with Crippen molar-refractivity contribution in [3.05, 3.63) is 59.7 Å². The highest BCUT2D eigenvalue weighted by atomic mass is 32.2. The molecule has 0 aliphatic carbocycles. The van der Waals surface area contributed by atoms with Gasteiger partial charge in [0.05, 0.1) is 16.5 Å². The number of aryl methyl sites for hydroxylation is 1. The monoisotopic (exact) mass is 407 g/mol. The number of halogens is 3. The van der Waals surface area contributed by atoms with Gasteiger partial charge in [-0.15, -0.1) is 5.10 Å². The number of carbonyl (C=O) groups is 1. The molecule has 1 amide bonds. The van der Waals surface area contributed by atoms with E-state index in [1.807, 2.05) is 31.2 Å². The SMILES string of the molecule is Cc1cccc(-n2nnnc2SC(C)C(=O)Nc2cccc(C(F)(F)F)c2)c1. The Bertz CT molecular complexity index is 989. The number of amides is 1. The number of hydrogen-bond acceptors (Lipinski definition) is 5. The van der Waals surface area contributed by atoms with E-state index in [2.05, 4.69) is 20.8 Å². The van der Waals surface area contributed by atoms with Gasteiger partial charge in [-0.2, -0.15) is 17.9 Å². The number of aromatic nitrogens is 4. The molecule has 3 aromatic rings. The molecule has 1 unspecified atom stereocenters. The molecule has 1 N–H and O–H groups in total. The van der Waals surface area contributed by atoms with Crippen molar-refractivity contribution in [2.45, 2.75) is 30.4 Å². The largest absolute Gasteiger partial charge is 0.416 e. The number of nitrogens with one attached hydrogen (secondary N) is 1. The maximum absolute atomic E-state index is 12.8. The average molecular weight is 407 g/mol. The van der Waals surface area contributed by atoms with Crippen molar-refractivity contribution in [3.63, 3.8) is 0 Å². The quantitative estimate of drug-likeness (QED) is 0.645. The third-order valence-electron chi connectivity index (χ3n) is 3.80. The number of rotatable bonds is 5. The third-order valence-corrected chi connectivity index (χ3v) is 4.83. The molecule has 0 saturated heterocycles. The fraction of sp³-hybridized carbons (Fsp3) is 0.222. The van der Waals surface area contributed by atoms with Crippen molar-refractivity contribution in [3.8, 4) is 5.69 Å². The van der Waals surface area contributed by atoms with Crippen LogP contribution in [0.4, 0.5) is 18.9 Å². The van der Waals surface area contributed by atoms with Crippen molar-refractivity contribution < 1.29 is 18.0 Å². The lowest BCUT2D eigenvalue weighted by Crippen LogP contribution is -2.23. The molecule has 146 valence electrons. The van der Waals surface area contributed by atoms with E-state index in [9.17, 15) is 18.0 Å². The number of thioether (sulfide) groups is 1. The first kappa shape index (κ1) is 19.9. The van der Waals surface area contributed by atoms with Crippen LogP contribution in [0.5, 0.6) is 0 Å². The first-order chi connectivity index (χ1) is 13.2. The van der Waals surface area contributed by atoms with Gasteiger partial charge in [0.25, 0.3) is 0 Å². The summed E-state index contributed by atoms with van der Waals surface area (Å²) in [6, 6.07) is 12.0. The van der Waals surface area contributed by atoms with E-state index < -0.39 is 22.9 Å². The Labute approximate surface area is 163 Å². The summed E-state index contributed by atoms with van der Waals surface area (Å²) in [6.07, 6.45) is -4.48. The van der Waals surface area contributed by atoms with E-state index in [1.165, 1.54) is 16.8 Å². The molecule has 0 aliphatic heterocycles. The highest BCUT2D eigenvalue weighted by Gasteiger charge is 2.30. The Hall–Kier alpha value is -2.88. The number of hydrogen-bond donors (Lipinski definition) is 1. The van der Waals surface area contributed by atoms with Crippen LogP contribution in [0.1, 0.15) is 18.1 Å². The lowest BCUT2D eigenvalue weighted by molar-refractivity contribution is -0.137. The zero-order valence-electron chi connectivity index (χ0n) is 14.9. The van der Waals surface area contributed by atoms with E-state index >= 15 is 0 Å². The van der Waals surface area contributed by atoms with Crippen LogP contribution in [-0.4, -0.2) is 31.4 Å². The van der Waals surface area contributed by atoms with Crippen molar-refractivity contribution >= 4 is 23.4 Å². The minimum atomic E-state index is -4.48. The lowest BCUT2D eigenvalue weighted by atomic mass is 10.2.